The Morgan fingerprint density at radius 3 is 2.33 bits per heavy atom. The number of carbonyl (C=O) groups excluding carboxylic acids is 1. The number of carbonyl (C=O) groups is 1. The third-order valence-electron chi connectivity index (χ3n) is 4.36. The number of rotatable bonds is 7. The first-order valence-corrected chi connectivity index (χ1v) is 12.1. The Bertz CT molecular complexity index is 1130. The molecule has 0 aliphatic carbocycles. The third kappa shape index (κ3) is 5.36. The van der Waals surface area contributed by atoms with Gasteiger partial charge in [-0.25, -0.2) is 8.42 Å². The van der Waals surface area contributed by atoms with Crippen LogP contribution in [0.15, 0.2) is 82.6 Å². The van der Waals surface area contributed by atoms with Gasteiger partial charge in [-0.15, -0.1) is 11.8 Å². The maximum absolute atomic E-state index is 13.3. The van der Waals surface area contributed by atoms with Crippen molar-refractivity contribution in [3.05, 3.63) is 83.4 Å². The summed E-state index contributed by atoms with van der Waals surface area (Å²) in [6.07, 6.45) is 1.94. The predicted molar refractivity (Wildman–Crippen MR) is 124 cm³/mol. The van der Waals surface area contributed by atoms with Gasteiger partial charge in [0.05, 0.1) is 10.6 Å². The van der Waals surface area contributed by atoms with Crippen LogP contribution in [0.5, 0.6) is 0 Å². The van der Waals surface area contributed by atoms with Gasteiger partial charge in [-0.05, 0) is 67.8 Å². The number of halogens is 1. The van der Waals surface area contributed by atoms with E-state index < -0.39 is 15.9 Å². The molecule has 0 aromatic heterocycles. The van der Waals surface area contributed by atoms with Crippen molar-refractivity contribution in [2.75, 3.05) is 22.4 Å². The Balaban J connectivity index is 1.92. The monoisotopic (exact) mass is 460 g/mol. The van der Waals surface area contributed by atoms with Gasteiger partial charge in [-0.3, -0.25) is 9.10 Å². The SMILES string of the molecule is CSc1cccc(NC(=O)CN(c2ccc(Cl)cc2)S(=O)(=O)c2ccc(C)cc2)c1. The van der Waals surface area contributed by atoms with E-state index in [4.69, 9.17) is 11.6 Å². The first-order valence-electron chi connectivity index (χ1n) is 9.08. The van der Waals surface area contributed by atoms with E-state index in [-0.39, 0.29) is 11.4 Å². The van der Waals surface area contributed by atoms with Crippen molar-refractivity contribution in [1.29, 1.82) is 0 Å². The highest BCUT2D eigenvalue weighted by molar-refractivity contribution is 7.98. The van der Waals surface area contributed by atoms with Crippen molar-refractivity contribution < 1.29 is 13.2 Å². The average molecular weight is 461 g/mol. The van der Waals surface area contributed by atoms with E-state index in [1.807, 2.05) is 31.4 Å². The van der Waals surface area contributed by atoms with Gasteiger partial charge >= 0.3 is 0 Å². The molecule has 0 atom stereocenters. The second-order valence-corrected chi connectivity index (χ2v) is 9.76. The third-order valence-corrected chi connectivity index (χ3v) is 7.13. The van der Waals surface area contributed by atoms with E-state index in [0.29, 0.717) is 16.4 Å². The minimum Gasteiger partial charge on any atom is -0.324 e. The van der Waals surface area contributed by atoms with Gasteiger partial charge in [0.25, 0.3) is 10.0 Å². The number of anilines is 2. The highest BCUT2D eigenvalue weighted by Crippen LogP contribution is 2.26. The van der Waals surface area contributed by atoms with Crippen molar-refractivity contribution in [2.45, 2.75) is 16.7 Å². The van der Waals surface area contributed by atoms with Crippen LogP contribution in [-0.4, -0.2) is 27.1 Å². The van der Waals surface area contributed by atoms with Gasteiger partial charge in [0.15, 0.2) is 0 Å². The normalized spacial score (nSPS) is 11.2. The molecule has 0 heterocycles. The van der Waals surface area contributed by atoms with Gasteiger partial charge < -0.3 is 5.32 Å². The highest BCUT2D eigenvalue weighted by Gasteiger charge is 2.27. The molecule has 0 bridgehead atoms. The minimum atomic E-state index is -3.96. The zero-order chi connectivity index (χ0) is 21.7. The van der Waals surface area contributed by atoms with E-state index in [2.05, 4.69) is 5.32 Å². The lowest BCUT2D eigenvalue weighted by molar-refractivity contribution is -0.114. The van der Waals surface area contributed by atoms with Gasteiger partial charge in [0.1, 0.15) is 6.54 Å². The molecule has 3 aromatic carbocycles. The zero-order valence-corrected chi connectivity index (χ0v) is 18.9. The van der Waals surface area contributed by atoms with Crippen LogP contribution in [-0.2, 0) is 14.8 Å². The molecular weight excluding hydrogens is 440 g/mol. The number of sulfonamides is 1. The van der Waals surface area contributed by atoms with E-state index in [1.165, 1.54) is 12.1 Å². The molecule has 0 aliphatic heterocycles. The predicted octanol–water partition coefficient (Wildman–Crippen LogP) is 5.20. The smallest absolute Gasteiger partial charge is 0.264 e. The maximum Gasteiger partial charge on any atom is 0.264 e. The maximum atomic E-state index is 13.3. The number of benzene rings is 3. The number of aryl methyl sites for hydroxylation is 1. The molecule has 0 spiro atoms. The van der Waals surface area contributed by atoms with Gasteiger partial charge in [0, 0.05) is 15.6 Å². The van der Waals surface area contributed by atoms with Crippen LogP contribution < -0.4 is 9.62 Å². The molecule has 3 aromatic rings. The van der Waals surface area contributed by atoms with Crippen molar-refractivity contribution in [1.82, 2.24) is 0 Å². The van der Waals surface area contributed by atoms with Gasteiger partial charge in [-0.2, -0.15) is 0 Å². The highest BCUT2D eigenvalue weighted by atomic mass is 35.5. The van der Waals surface area contributed by atoms with E-state index in [1.54, 1.807) is 54.2 Å². The van der Waals surface area contributed by atoms with Crippen LogP contribution in [0.2, 0.25) is 5.02 Å². The quantitative estimate of drug-likeness (QED) is 0.492. The summed E-state index contributed by atoms with van der Waals surface area (Å²) in [7, 11) is -3.96. The van der Waals surface area contributed by atoms with E-state index >= 15 is 0 Å². The van der Waals surface area contributed by atoms with Crippen LogP contribution in [0.1, 0.15) is 5.56 Å². The molecule has 0 saturated heterocycles. The second-order valence-electron chi connectivity index (χ2n) is 6.58. The summed E-state index contributed by atoms with van der Waals surface area (Å²) in [6.45, 7) is 1.50. The summed E-state index contributed by atoms with van der Waals surface area (Å²) in [5.41, 5.74) is 1.90. The summed E-state index contributed by atoms with van der Waals surface area (Å²) < 4.78 is 27.7. The van der Waals surface area contributed by atoms with E-state index in [0.717, 1.165) is 14.8 Å². The minimum absolute atomic E-state index is 0.111. The van der Waals surface area contributed by atoms with Crippen molar-refractivity contribution in [2.24, 2.45) is 0 Å². The number of amides is 1. The lowest BCUT2D eigenvalue weighted by Gasteiger charge is -2.24. The zero-order valence-electron chi connectivity index (χ0n) is 16.5. The molecular formula is C22H21ClN2O3S2. The molecule has 0 fully saturated rings. The van der Waals surface area contributed by atoms with Gasteiger partial charge in [-0.1, -0.05) is 35.4 Å². The molecule has 156 valence electrons. The Hall–Kier alpha value is -2.48. The van der Waals surface area contributed by atoms with Crippen LogP contribution in [0.3, 0.4) is 0 Å². The molecule has 30 heavy (non-hydrogen) atoms. The first kappa shape index (κ1) is 22.2. The van der Waals surface area contributed by atoms with Crippen molar-refractivity contribution in [3.8, 4) is 0 Å². The summed E-state index contributed by atoms with van der Waals surface area (Å²) in [5.74, 6) is -0.445. The summed E-state index contributed by atoms with van der Waals surface area (Å²) in [4.78, 5) is 13.9. The largest absolute Gasteiger partial charge is 0.324 e. The molecule has 1 amide bonds. The lowest BCUT2D eigenvalue weighted by Crippen LogP contribution is -2.38. The Morgan fingerprint density at radius 2 is 1.70 bits per heavy atom. The molecule has 5 nitrogen and oxygen atoms in total. The van der Waals surface area contributed by atoms with Crippen LogP contribution in [0, 0.1) is 6.92 Å². The molecule has 3 rings (SSSR count). The Kier molecular flexibility index (Phi) is 7.07. The van der Waals surface area contributed by atoms with Gasteiger partial charge in [0.2, 0.25) is 5.91 Å². The summed E-state index contributed by atoms with van der Waals surface area (Å²) >= 11 is 7.51. The Morgan fingerprint density at radius 1 is 1.03 bits per heavy atom. The molecule has 0 saturated carbocycles. The van der Waals surface area contributed by atoms with E-state index in [9.17, 15) is 13.2 Å². The first-order chi connectivity index (χ1) is 14.3. The fourth-order valence-electron chi connectivity index (χ4n) is 2.79. The van der Waals surface area contributed by atoms with Crippen LogP contribution in [0.25, 0.3) is 0 Å². The Labute approximate surface area is 186 Å². The topological polar surface area (TPSA) is 66.5 Å². The molecule has 0 radical (unpaired) electrons. The lowest BCUT2D eigenvalue weighted by atomic mass is 10.2. The van der Waals surface area contributed by atoms with Crippen molar-refractivity contribution in [3.63, 3.8) is 0 Å². The number of hydrogen-bond donors (Lipinski definition) is 1. The van der Waals surface area contributed by atoms with Crippen LogP contribution >= 0.6 is 23.4 Å². The second kappa shape index (κ2) is 9.55. The van der Waals surface area contributed by atoms with Crippen molar-refractivity contribution >= 4 is 50.7 Å². The molecule has 0 unspecified atom stereocenters. The van der Waals surface area contributed by atoms with Crippen LogP contribution in [0.4, 0.5) is 11.4 Å². The molecule has 8 heteroatoms. The fourth-order valence-corrected chi connectivity index (χ4v) is 4.80. The molecule has 0 aliphatic rings. The number of hydrogen-bond acceptors (Lipinski definition) is 4. The number of nitrogens with one attached hydrogen (secondary N) is 1. The summed E-state index contributed by atoms with van der Waals surface area (Å²) in [5, 5.41) is 3.25. The summed E-state index contributed by atoms with van der Waals surface area (Å²) in [6, 6.07) is 20.2. The number of nitrogens with zero attached hydrogens (tertiary/aromatic N) is 1. The molecule has 1 N–H and O–H groups in total. The average Bonchev–Trinajstić information content (AvgIpc) is 2.73. The fraction of sp³-hybridized carbons (Fsp3) is 0.136. The standard InChI is InChI=1S/C22H21ClN2O3S2/c1-16-6-12-21(13-7-16)30(27,28)25(19-10-8-17(23)9-11-19)15-22(26)24-18-4-3-5-20(14-18)29-2/h3-14H,15H2,1-2H3,(H,24,26). The number of thioether (sulfide) groups is 1.